The van der Waals surface area contributed by atoms with Crippen molar-refractivity contribution in [2.45, 2.75) is 83.0 Å². The highest BCUT2D eigenvalue weighted by Crippen LogP contribution is 2.27. The Bertz CT molecular complexity index is 1600. The van der Waals surface area contributed by atoms with E-state index in [-0.39, 0.29) is 74.9 Å². The molecule has 49 heavy (non-hydrogen) atoms. The minimum Gasteiger partial charge on any atom is -0.483 e. The van der Waals surface area contributed by atoms with E-state index in [1.165, 1.54) is 20.8 Å². The fourth-order valence-electron chi connectivity index (χ4n) is 5.95. The molecule has 1 aromatic heterocycles. The molecule has 3 N–H and O–H groups in total. The third-order valence-corrected chi connectivity index (χ3v) is 8.58. The second-order valence-electron chi connectivity index (χ2n) is 13.6. The monoisotopic (exact) mass is 680 g/mol. The third-order valence-electron chi connectivity index (χ3n) is 8.58. The van der Waals surface area contributed by atoms with Crippen molar-refractivity contribution < 1.29 is 43.3 Å². The number of fused-ring (bicyclic) bond motifs is 1. The second kappa shape index (κ2) is 15.1. The van der Waals surface area contributed by atoms with Gasteiger partial charge in [-0.1, -0.05) is 12.1 Å². The minimum atomic E-state index is -1.13. The van der Waals surface area contributed by atoms with Gasteiger partial charge in [-0.2, -0.15) is 0 Å². The van der Waals surface area contributed by atoms with E-state index in [4.69, 9.17) is 9.47 Å². The highest BCUT2D eigenvalue weighted by Gasteiger charge is 2.37. The van der Waals surface area contributed by atoms with E-state index in [1.54, 1.807) is 45.0 Å². The van der Waals surface area contributed by atoms with E-state index in [9.17, 15) is 33.9 Å². The lowest BCUT2D eigenvalue weighted by Crippen LogP contribution is -2.55. The van der Waals surface area contributed by atoms with Gasteiger partial charge in [0.2, 0.25) is 11.8 Å². The number of esters is 1. The average Bonchev–Trinajstić information content (AvgIpc) is 3.74. The molecule has 1 aromatic carbocycles. The summed E-state index contributed by atoms with van der Waals surface area (Å²) in [5.74, 6) is -1.98. The van der Waals surface area contributed by atoms with E-state index in [1.807, 2.05) is 0 Å². The number of amides is 5. The van der Waals surface area contributed by atoms with Crippen molar-refractivity contribution in [2.75, 3.05) is 39.3 Å². The minimum absolute atomic E-state index is 0.0601. The van der Waals surface area contributed by atoms with Gasteiger partial charge in [0.15, 0.2) is 6.61 Å². The average molecular weight is 681 g/mol. The van der Waals surface area contributed by atoms with Crippen LogP contribution in [-0.4, -0.2) is 124 Å². The molecule has 2 aromatic rings. The summed E-state index contributed by atoms with van der Waals surface area (Å²) in [6.45, 7) is 5.75. The van der Waals surface area contributed by atoms with Gasteiger partial charge in [-0.05, 0) is 65.0 Å². The van der Waals surface area contributed by atoms with Gasteiger partial charge in [0.25, 0.3) is 11.8 Å². The fraction of sp³-hybridized carbons (Fsp3) is 0.559. The van der Waals surface area contributed by atoms with E-state index in [0.29, 0.717) is 30.3 Å². The van der Waals surface area contributed by atoms with Crippen molar-refractivity contribution >= 4 is 46.6 Å². The Morgan fingerprint density at radius 3 is 2.35 bits per heavy atom. The van der Waals surface area contributed by atoms with E-state index < -0.39 is 41.6 Å². The summed E-state index contributed by atoms with van der Waals surface area (Å²) in [6, 6.07) is 6.84. The molecule has 0 bridgehead atoms. The third kappa shape index (κ3) is 9.36. The van der Waals surface area contributed by atoms with Gasteiger partial charge in [0.05, 0.1) is 5.52 Å². The van der Waals surface area contributed by atoms with Crippen LogP contribution in [0.1, 0.15) is 69.8 Å². The number of benzene rings is 1. The Kier molecular flexibility index (Phi) is 10.9. The standard InChI is InChI=1S/C34H44N6O9/c1-34(2,3)49-29(42)13-12-24(32(45)38-15-17-39(18-16-38)33(46)47)37-30(43)25-19-27(22-7-4-5-8-23(22)36-25)48-20-28(41)40-14-6-9-26(40)31(44)35-21-10-11-21/h4-5,7-8,19,21,24,26H,6,9-18,20H2,1-3H3,(H,35,44)(H,37,43)(H,46,47)/t24?,26-/m0/s1. The number of carboxylic acid groups (broad SMARTS) is 1. The van der Waals surface area contributed by atoms with E-state index >= 15 is 0 Å². The molecule has 1 unspecified atom stereocenters. The number of likely N-dealkylation sites (tertiary alicyclic amines) is 1. The van der Waals surface area contributed by atoms with Crippen molar-refractivity contribution in [2.24, 2.45) is 0 Å². The SMILES string of the molecule is CC(C)(C)OC(=O)CCC(NC(=O)c1cc(OCC(=O)N2CCC[C@H]2C(=O)NC2CC2)c2ccccc2n1)C(=O)N1CCN(C(=O)O)CC1. The lowest BCUT2D eigenvalue weighted by molar-refractivity contribution is -0.155. The Hall–Kier alpha value is -4.95. The Morgan fingerprint density at radius 1 is 0.980 bits per heavy atom. The molecular weight excluding hydrogens is 636 g/mol. The number of hydrogen-bond acceptors (Lipinski definition) is 9. The van der Waals surface area contributed by atoms with E-state index in [2.05, 4.69) is 15.6 Å². The van der Waals surface area contributed by atoms with Crippen LogP contribution in [0.2, 0.25) is 0 Å². The summed E-state index contributed by atoms with van der Waals surface area (Å²) in [4.78, 5) is 85.9. The van der Waals surface area contributed by atoms with Crippen LogP contribution in [-0.2, 0) is 23.9 Å². The zero-order valence-corrected chi connectivity index (χ0v) is 28.1. The molecule has 2 aliphatic heterocycles. The van der Waals surface area contributed by atoms with Crippen LogP contribution in [0.5, 0.6) is 5.75 Å². The summed E-state index contributed by atoms with van der Waals surface area (Å²) < 4.78 is 11.4. The number of piperazine rings is 1. The van der Waals surface area contributed by atoms with Crippen molar-refractivity contribution in [3.05, 3.63) is 36.0 Å². The quantitative estimate of drug-likeness (QED) is 0.296. The summed E-state index contributed by atoms with van der Waals surface area (Å²) in [7, 11) is 0. The number of carbonyl (C=O) groups excluding carboxylic acids is 5. The van der Waals surface area contributed by atoms with Crippen molar-refractivity contribution in [3.63, 3.8) is 0 Å². The molecule has 3 heterocycles. The zero-order valence-electron chi connectivity index (χ0n) is 28.1. The summed E-state index contributed by atoms with van der Waals surface area (Å²) >= 11 is 0. The number of ether oxygens (including phenoxy) is 2. The number of aromatic nitrogens is 1. The lowest BCUT2D eigenvalue weighted by atomic mass is 10.1. The largest absolute Gasteiger partial charge is 0.483 e. The summed E-state index contributed by atoms with van der Waals surface area (Å²) in [6.07, 6.45) is 1.89. The first-order chi connectivity index (χ1) is 23.3. The van der Waals surface area contributed by atoms with Crippen molar-refractivity contribution in [1.29, 1.82) is 0 Å². The topological polar surface area (TPSA) is 188 Å². The van der Waals surface area contributed by atoms with Crippen LogP contribution in [0, 0.1) is 0 Å². The first kappa shape index (κ1) is 35.4. The van der Waals surface area contributed by atoms with Gasteiger partial charge in [-0.15, -0.1) is 0 Å². The predicted molar refractivity (Wildman–Crippen MR) is 176 cm³/mol. The number of nitrogens with zero attached hydrogens (tertiary/aromatic N) is 4. The highest BCUT2D eigenvalue weighted by atomic mass is 16.6. The smallest absolute Gasteiger partial charge is 0.407 e. The number of pyridine rings is 1. The van der Waals surface area contributed by atoms with Gasteiger partial charge < -0.3 is 39.9 Å². The van der Waals surface area contributed by atoms with Crippen molar-refractivity contribution in [3.8, 4) is 5.75 Å². The van der Waals surface area contributed by atoms with Crippen LogP contribution >= 0.6 is 0 Å². The first-order valence-electron chi connectivity index (χ1n) is 16.7. The van der Waals surface area contributed by atoms with Crippen molar-refractivity contribution in [1.82, 2.24) is 30.3 Å². The van der Waals surface area contributed by atoms with Gasteiger partial charge in [0, 0.05) is 56.6 Å². The lowest BCUT2D eigenvalue weighted by Gasteiger charge is -2.35. The molecule has 2 atom stereocenters. The van der Waals surface area contributed by atoms with Crippen LogP contribution in [0.4, 0.5) is 4.79 Å². The number of rotatable bonds is 11. The van der Waals surface area contributed by atoms with Gasteiger partial charge in [-0.25, -0.2) is 9.78 Å². The number of para-hydroxylation sites is 1. The summed E-state index contributed by atoms with van der Waals surface area (Å²) in [5.41, 5.74) is -0.393. The van der Waals surface area contributed by atoms with Gasteiger partial charge in [-0.3, -0.25) is 24.0 Å². The summed E-state index contributed by atoms with van der Waals surface area (Å²) in [5, 5.41) is 15.5. The molecule has 1 saturated carbocycles. The van der Waals surface area contributed by atoms with E-state index in [0.717, 1.165) is 12.8 Å². The molecule has 1 aliphatic carbocycles. The predicted octanol–water partition coefficient (Wildman–Crippen LogP) is 1.93. The Morgan fingerprint density at radius 2 is 1.67 bits per heavy atom. The number of nitrogens with one attached hydrogen (secondary N) is 2. The molecule has 0 radical (unpaired) electrons. The maximum atomic E-state index is 13.7. The molecule has 2 saturated heterocycles. The Balaban J connectivity index is 1.31. The molecule has 3 aliphatic rings. The van der Waals surface area contributed by atoms with Gasteiger partial charge in [0.1, 0.15) is 29.1 Å². The highest BCUT2D eigenvalue weighted by molar-refractivity contribution is 5.99. The molecule has 264 valence electrons. The Labute approximate surface area is 284 Å². The molecule has 5 amide bonds. The molecule has 0 spiro atoms. The molecule has 5 rings (SSSR count). The molecule has 3 fully saturated rings. The van der Waals surface area contributed by atoms with Crippen LogP contribution in [0.15, 0.2) is 30.3 Å². The maximum absolute atomic E-state index is 13.7. The van der Waals surface area contributed by atoms with Crippen LogP contribution in [0.3, 0.4) is 0 Å². The first-order valence-corrected chi connectivity index (χ1v) is 16.7. The van der Waals surface area contributed by atoms with Crippen LogP contribution in [0.25, 0.3) is 10.9 Å². The van der Waals surface area contributed by atoms with Crippen LogP contribution < -0.4 is 15.4 Å². The molecule has 15 nitrogen and oxygen atoms in total. The zero-order chi connectivity index (χ0) is 35.3. The molecular formula is C34H44N6O9. The molecule has 15 heteroatoms. The number of hydrogen-bond donors (Lipinski definition) is 3. The number of carbonyl (C=O) groups is 6. The van der Waals surface area contributed by atoms with Gasteiger partial charge >= 0.3 is 12.1 Å². The fourth-order valence-corrected chi connectivity index (χ4v) is 5.95. The normalized spacial score (nSPS) is 18.5. The second-order valence-corrected chi connectivity index (χ2v) is 13.6. The maximum Gasteiger partial charge on any atom is 0.407 e.